The van der Waals surface area contributed by atoms with Gasteiger partial charge in [0.15, 0.2) is 17.6 Å². The maximum Gasteiger partial charge on any atom is 0.302 e. The molecule has 1 aliphatic rings. The van der Waals surface area contributed by atoms with Crippen molar-refractivity contribution >= 4 is 17.6 Å². The molecule has 0 spiro atoms. The van der Waals surface area contributed by atoms with Crippen molar-refractivity contribution in [2.24, 2.45) is 0 Å². The first-order chi connectivity index (χ1) is 7.65. The summed E-state index contributed by atoms with van der Waals surface area (Å²) < 4.78 is 15.9. The largest absolute Gasteiger partial charge is 0.486 e. The van der Waals surface area contributed by atoms with Gasteiger partial charge in [0, 0.05) is 18.0 Å². The molecule has 5 heteroatoms. The van der Waals surface area contributed by atoms with Gasteiger partial charge in [-0.15, -0.1) is 0 Å². The molecule has 0 saturated carbocycles. The quantitative estimate of drug-likeness (QED) is 0.745. The summed E-state index contributed by atoms with van der Waals surface area (Å²) >= 11 is 5.83. The van der Waals surface area contributed by atoms with Crippen molar-refractivity contribution in [1.29, 1.82) is 0 Å². The van der Waals surface area contributed by atoms with Crippen molar-refractivity contribution < 1.29 is 19.0 Å². The Labute approximate surface area is 98.1 Å². The number of hydrogen-bond donors (Lipinski definition) is 0. The number of hydrogen-bond acceptors (Lipinski definition) is 4. The Kier molecular flexibility index (Phi) is 3.19. The van der Waals surface area contributed by atoms with Gasteiger partial charge in [0.25, 0.3) is 0 Å². The van der Waals surface area contributed by atoms with Gasteiger partial charge in [-0.25, -0.2) is 0 Å². The van der Waals surface area contributed by atoms with Gasteiger partial charge in [0.2, 0.25) is 0 Å². The molecule has 1 atom stereocenters. The molecular formula is C11H11ClO4. The maximum absolute atomic E-state index is 10.6. The summed E-state index contributed by atoms with van der Waals surface area (Å²) in [7, 11) is 0. The number of esters is 1. The lowest BCUT2D eigenvalue weighted by atomic mass is 10.2. The van der Waals surface area contributed by atoms with Crippen LogP contribution in [0.1, 0.15) is 6.92 Å². The van der Waals surface area contributed by atoms with Gasteiger partial charge in [0.1, 0.15) is 13.2 Å². The summed E-state index contributed by atoms with van der Waals surface area (Å²) in [6.45, 7) is 1.90. The second-order valence-electron chi connectivity index (χ2n) is 3.44. The van der Waals surface area contributed by atoms with Crippen molar-refractivity contribution in [1.82, 2.24) is 0 Å². The standard InChI is InChI=1S/C11H11ClO4/c1-7(13)14-5-9-6-15-10-3-2-8(12)4-11(10)16-9/h2-4,9H,5-6H2,1H3. The summed E-state index contributed by atoms with van der Waals surface area (Å²) in [4.78, 5) is 10.6. The molecule has 1 unspecified atom stereocenters. The minimum atomic E-state index is -0.333. The molecule has 1 aromatic rings. The first kappa shape index (κ1) is 11.1. The number of carbonyl (C=O) groups excluding carboxylic acids is 1. The van der Waals surface area contributed by atoms with Gasteiger partial charge in [-0.1, -0.05) is 11.6 Å². The topological polar surface area (TPSA) is 44.8 Å². The number of benzene rings is 1. The highest BCUT2D eigenvalue weighted by molar-refractivity contribution is 6.30. The summed E-state index contributed by atoms with van der Waals surface area (Å²) in [6.07, 6.45) is -0.283. The van der Waals surface area contributed by atoms with Crippen LogP contribution in [0.5, 0.6) is 11.5 Å². The van der Waals surface area contributed by atoms with Crippen LogP contribution >= 0.6 is 11.6 Å². The van der Waals surface area contributed by atoms with Crippen molar-refractivity contribution in [2.75, 3.05) is 13.2 Å². The molecule has 0 aliphatic carbocycles. The first-order valence-corrected chi connectivity index (χ1v) is 5.25. The van der Waals surface area contributed by atoms with Crippen molar-refractivity contribution in [3.8, 4) is 11.5 Å². The molecule has 0 bridgehead atoms. The molecular weight excluding hydrogens is 232 g/mol. The average molecular weight is 243 g/mol. The number of halogens is 1. The van der Waals surface area contributed by atoms with Gasteiger partial charge in [0.05, 0.1) is 0 Å². The van der Waals surface area contributed by atoms with Crippen LogP contribution in [0.3, 0.4) is 0 Å². The van der Waals surface area contributed by atoms with Crippen LogP contribution in [-0.4, -0.2) is 25.3 Å². The summed E-state index contributed by atoms with van der Waals surface area (Å²) in [6, 6.07) is 5.16. The van der Waals surface area contributed by atoms with Crippen LogP contribution in [-0.2, 0) is 9.53 Å². The Balaban J connectivity index is 2.02. The molecule has 0 N–H and O–H groups in total. The highest BCUT2D eigenvalue weighted by Crippen LogP contribution is 2.33. The molecule has 0 fully saturated rings. The van der Waals surface area contributed by atoms with E-state index in [-0.39, 0.29) is 18.7 Å². The Hall–Kier alpha value is -1.42. The Morgan fingerprint density at radius 2 is 2.38 bits per heavy atom. The minimum Gasteiger partial charge on any atom is -0.486 e. The second-order valence-corrected chi connectivity index (χ2v) is 3.88. The smallest absolute Gasteiger partial charge is 0.302 e. The molecule has 0 amide bonds. The second kappa shape index (κ2) is 4.61. The van der Waals surface area contributed by atoms with Crippen molar-refractivity contribution in [2.45, 2.75) is 13.0 Å². The van der Waals surface area contributed by atoms with Crippen LogP contribution in [0, 0.1) is 0 Å². The SMILES string of the molecule is CC(=O)OCC1COc2ccc(Cl)cc2O1. The van der Waals surface area contributed by atoms with E-state index in [9.17, 15) is 4.79 Å². The molecule has 2 rings (SSSR count). The van der Waals surface area contributed by atoms with E-state index in [0.717, 1.165) is 0 Å². The average Bonchev–Trinajstić information content (AvgIpc) is 2.25. The highest BCUT2D eigenvalue weighted by atomic mass is 35.5. The van der Waals surface area contributed by atoms with E-state index in [1.54, 1.807) is 18.2 Å². The van der Waals surface area contributed by atoms with Crippen molar-refractivity contribution in [3.63, 3.8) is 0 Å². The molecule has 1 aliphatic heterocycles. The predicted molar refractivity (Wildman–Crippen MR) is 58.0 cm³/mol. The van der Waals surface area contributed by atoms with E-state index >= 15 is 0 Å². The fourth-order valence-corrected chi connectivity index (χ4v) is 1.54. The van der Waals surface area contributed by atoms with Crippen LogP contribution in [0.2, 0.25) is 5.02 Å². The van der Waals surface area contributed by atoms with Gasteiger partial charge < -0.3 is 14.2 Å². The molecule has 1 heterocycles. The Morgan fingerprint density at radius 3 is 3.12 bits per heavy atom. The van der Waals surface area contributed by atoms with Gasteiger partial charge >= 0.3 is 5.97 Å². The van der Waals surface area contributed by atoms with Crippen LogP contribution in [0.15, 0.2) is 18.2 Å². The number of carbonyl (C=O) groups is 1. The molecule has 0 radical (unpaired) electrons. The van der Waals surface area contributed by atoms with Crippen LogP contribution in [0.4, 0.5) is 0 Å². The number of ether oxygens (including phenoxy) is 3. The van der Waals surface area contributed by atoms with Crippen LogP contribution < -0.4 is 9.47 Å². The van der Waals surface area contributed by atoms with E-state index in [1.807, 2.05) is 0 Å². The summed E-state index contributed by atoms with van der Waals surface area (Å²) in [5, 5.41) is 0.579. The lowest BCUT2D eigenvalue weighted by Crippen LogP contribution is -2.33. The van der Waals surface area contributed by atoms with E-state index in [2.05, 4.69) is 0 Å². The normalized spacial score (nSPS) is 18.0. The van der Waals surface area contributed by atoms with E-state index < -0.39 is 0 Å². The lowest BCUT2D eigenvalue weighted by Gasteiger charge is -2.26. The van der Waals surface area contributed by atoms with E-state index in [0.29, 0.717) is 23.1 Å². The minimum absolute atomic E-state index is 0.182. The molecule has 86 valence electrons. The highest BCUT2D eigenvalue weighted by Gasteiger charge is 2.22. The number of rotatable bonds is 2. The zero-order valence-corrected chi connectivity index (χ0v) is 9.49. The zero-order chi connectivity index (χ0) is 11.5. The number of fused-ring (bicyclic) bond motifs is 1. The third-order valence-electron chi connectivity index (χ3n) is 2.10. The molecule has 0 aromatic heterocycles. The maximum atomic E-state index is 10.6. The van der Waals surface area contributed by atoms with Gasteiger partial charge in [-0.2, -0.15) is 0 Å². The Morgan fingerprint density at radius 1 is 1.56 bits per heavy atom. The monoisotopic (exact) mass is 242 g/mol. The lowest BCUT2D eigenvalue weighted by molar-refractivity contribution is -0.144. The van der Waals surface area contributed by atoms with E-state index in [1.165, 1.54) is 6.92 Å². The summed E-state index contributed by atoms with van der Waals surface area (Å²) in [5.74, 6) is 0.903. The van der Waals surface area contributed by atoms with Gasteiger partial charge in [-0.3, -0.25) is 4.79 Å². The molecule has 4 nitrogen and oxygen atoms in total. The first-order valence-electron chi connectivity index (χ1n) is 4.87. The third kappa shape index (κ3) is 2.58. The molecule has 0 saturated heterocycles. The van der Waals surface area contributed by atoms with Gasteiger partial charge in [-0.05, 0) is 12.1 Å². The summed E-state index contributed by atoms with van der Waals surface area (Å²) in [5.41, 5.74) is 0. The predicted octanol–water partition coefficient (Wildman–Crippen LogP) is 2.04. The zero-order valence-electron chi connectivity index (χ0n) is 8.73. The fraction of sp³-hybridized carbons (Fsp3) is 0.364. The van der Waals surface area contributed by atoms with E-state index in [4.69, 9.17) is 25.8 Å². The fourth-order valence-electron chi connectivity index (χ4n) is 1.38. The Bertz CT molecular complexity index is 405. The molecule has 1 aromatic carbocycles. The van der Waals surface area contributed by atoms with Crippen LogP contribution in [0.25, 0.3) is 0 Å². The van der Waals surface area contributed by atoms with Crippen molar-refractivity contribution in [3.05, 3.63) is 23.2 Å². The molecule has 16 heavy (non-hydrogen) atoms. The third-order valence-corrected chi connectivity index (χ3v) is 2.33.